The average molecular weight is 405 g/mol. The SMILES string of the molecule is CCNC(=O)NC(=O)C(C)Sc1nnc(-c2ccc(N(CC)CC)cc2)n1C. The highest BCUT2D eigenvalue weighted by Crippen LogP contribution is 2.27. The first kappa shape index (κ1) is 21.7. The van der Waals surface area contributed by atoms with Gasteiger partial charge in [-0.3, -0.25) is 10.1 Å². The number of aromatic nitrogens is 3. The molecule has 2 N–H and O–H groups in total. The second-order valence-corrected chi connectivity index (χ2v) is 7.50. The maximum absolute atomic E-state index is 12.1. The molecule has 1 heterocycles. The zero-order chi connectivity index (χ0) is 20.7. The van der Waals surface area contributed by atoms with Gasteiger partial charge in [0.05, 0.1) is 5.25 Å². The zero-order valence-corrected chi connectivity index (χ0v) is 17.8. The van der Waals surface area contributed by atoms with Crippen LogP contribution in [0.25, 0.3) is 11.4 Å². The van der Waals surface area contributed by atoms with Gasteiger partial charge in [0.2, 0.25) is 5.91 Å². The molecule has 8 nitrogen and oxygen atoms in total. The Balaban J connectivity index is 2.09. The van der Waals surface area contributed by atoms with Gasteiger partial charge in [-0.1, -0.05) is 11.8 Å². The third-order valence-corrected chi connectivity index (χ3v) is 5.45. The van der Waals surface area contributed by atoms with Gasteiger partial charge in [0, 0.05) is 37.9 Å². The van der Waals surface area contributed by atoms with Gasteiger partial charge in [-0.15, -0.1) is 10.2 Å². The van der Waals surface area contributed by atoms with Crippen LogP contribution >= 0.6 is 11.8 Å². The number of nitrogens with zero attached hydrogens (tertiary/aromatic N) is 4. The summed E-state index contributed by atoms with van der Waals surface area (Å²) >= 11 is 1.26. The number of carbonyl (C=O) groups excluding carboxylic acids is 2. The highest BCUT2D eigenvalue weighted by atomic mass is 32.2. The molecular weight excluding hydrogens is 376 g/mol. The van der Waals surface area contributed by atoms with E-state index in [-0.39, 0.29) is 5.91 Å². The van der Waals surface area contributed by atoms with Gasteiger partial charge < -0.3 is 14.8 Å². The van der Waals surface area contributed by atoms with E-state index in [1.165, 1.54) is 17.4 Å². The van der Waals surface area contributed by atoms with Crippen molar-refractivity contribution in [3.63, 3.8) is 0 Å². The lowest BCUT2D eigenvalue weighted by atomic mass is 10.2. The summed E-state index contributed by atoms with van der Waals surface area (Å²) in [5, 5.41) is 13.5. The van der Waals surface area contributed by atoms with Crippen LogP contribution in [0.3, 0.4) is 0 Å². The fourth-order valence-electron chi connectivity index (χ4n) is 2.71. The van der Waals surface area contributed by atoms with Crippen molar-refractivity contribution in [3.8, 4) is 11.4 Å². The minimum Gasteiger partial charge on any atom is -0.372 e. The number of carbonyl (C=O) groups is 2. The van der Waals surface area contributed by atoms with Gasteiger partial charge in [-0.2, -0.15) is 0 Å². The molecule has 1 aromatic heterocycles. The molecule has 2 aromatic rings. The third-order valence-electron chi connectivity index (χ3n) is 4.31. The van der Waals surface area contributed by atoms with Crippen molar-refractivity contribution in [2.24, 2.45) is 7.05 Å². The first-order valence-corrected chi connectivity index (χ1v) is 10.3. The van der Waals surface area contributed by atoms with Crippen LogP contribution in [0.1, 0.15) is 27.7 Å². The number of urea groups is 1. The standard InChI is InChI=1S/C19H28N6O2S/c1-6-20-18(27)21-17(26)13(4)28-19-23-22-16(24(19)5)14-9-11-15(12-10-14)25(7-2)8-3/h9-13H,6-8H2,1-5H3,(H2,20,21,26,27). The highest BCUT2D eigenvalue weighted by molar-refractivity contribution is 8.00. The van der Waals surface area contributed by atoms with Gasteiger partial charge in [-0.05, 0) is 52.0 Å². The number of thioether (sulfide) groups is 1. The smallest absolute Gasteiger partial charge is 0.321 e. The predicted octanol–water partition coefficient (Wildman–Crippen LogP) is 2.65. The summed E-state index contributed by atoms with van der Waals surface area (Å²) in [6.45, 7) is 10.2. The minimum absolute atomic E-state index is 0.371. The third kappa shape index (κ3) is 5.25. The van der Waals surface area contributed by atoms with Crippen molar-refractivity contribution >= 4 is 29.4 Å². The lowest BCUT2D eigenvalue weighted by molar-refractivity contribution is -0.119. The summed E-state index contributed by atoms with van der Waals surface area (Å²) in [5.41, 5.74) is 2.12. The molecule has 0 spiro atoms. The second-order valence-electron chi connectivity index (χ2n) is 6.19. The fourth-order valence-corrected chi connectivity index (χ4v) is 3.52. The van der Waals surface area contributed by atoms with Crippen molar-refractivity contribution < 1.29 is 9.59 Å². The van der Waals surface area contributed by atoms with Gasteiger partial charge >= 0.3 is 6.03 Å². The van der Waals surface area contributed by atoms with E-state index in [4.69, 9.17) is 0 Å². The van der Waals surface area contributed by atoms with Crippen LogP contribution in [0.4, 0.5) is 10.5 Å². The monoisotopic (exact) mass is 404 g/mol. The topological polar surface area (TPSA) is 92.2 Å². The van der Waals surface area contributed by atoms with Crippen LogP contribution < -0.4 is 15.5 Å². The van der Waals surface area contributed by atoms with E-state index in [0.29, 0.717) is 11.7 Å². The Morgan fingerprint density at radius 1 is 1.14 bits per heavy atom. The quantitative estimate of drug-likeness (QED) is 0.657. The molecule has 3 amide bonds. The second kappa shape index (κ2) is 10.1. The van der Waals surface area contributed by atoms with Crippen LogP contribution in [0.5, 0.6) is 0 Å². The van der Waals surface area contributed by atoms with Crippen LogP contribution in [0.2, 0.25) is 0 Å². The van der Waals surface area contributed by atoms with Crippen molar-refractivity contribution in [1.29, 1.82) is 0 Å². The van der Waals surface area contributed by atoms with E-state index in [9.17, 15) is 9.59 Å². The van der Waals surface area contributed by atoms with Gasteiger partial charge in [0.25, 0.3) is 0 Å². The van der Waals surface area contributed by atoms with E-state index in [1.807, 2.05) is 23.7 Å². The summed E-state index contributed by atoms with van der Waals surface area (Å²) in [6.07, 6.45) is 0. The maximum Gasteiger partial charge on any atom is 0.321 e. The molecule has 0 fully saturated rings. The largest absolute Gasteiger partial charge is 0.372 e. The lowest BCUT2D eigenvalue weighted by Crippen LogP contribution is -2.42. The van der Waals surface area contributed by atoms with Gasteiger partial charge in [-0.25, -0.2) is 4.79 Å². The Labute approximate surface area is 170 Å². The van der Waals surface area contributed by atoms with Crippen LogP contribution in [-0.2, 0) is 11.8 Å². The van der Waals surface area contributed by atoms with Crippen molar-refractivity contribution in [2.45, 2.75) is 38.1 Å². The zero-order valence-electron chi connectivity index (χ0n) is 17.0. The van der Waals surface area contributed by atoms with E-state index in [0.717, 1.165) is 24.5 Å². The number of nitrogens with one attached hydrogen (secondary N) is 2. The summed E-state index contributed by atoms with van der Waals surface area (Å²) in [4.78, 5) is 25.9. The first-order valence-electron chi connectivity index (χ1n) is 9.41. The normalized spacial score (nSPS) is 11.8. The highest BCUT2D eigenvalue weighted by Gasteiger charge is 2.20. The summed E-state index contributed by atoms with van der Waals surface area (Å²) < 4.78 is 1.85. The van der Waals surface area contributed by atoms with Crippen LogP contribution in [0, 0.1) is 0 Å². The Hall–Kier alpha value is -2.55. The number of hydrogen-bond donors (Lipinski definition) is 2. The van der Waals surface area contributed by atoms with E-state index in [2.05, 4.69) is 51.7 Å². The average Bonchev–Trinajstić information content (AvgIpc) is 3.04. The van der Waals surface area contributed by atoms with Gasteiger partial charge in [0.15, 0.2) is 11.0 Å². The molecule has 28 heavy (non-hydrogen) atoms. The molecule has 0 radical (unpaired) electrons. The Bertz CT molecular complexity index is 801. The van der Waals surface area contributed by atoms with Crippen LogP contribution in [-0.4, -0.2) is 51.6 Å². The molecule has 9 heteroatoms. The predicted molar refractivity (Wildman–Crippen MR) is 113 cm³/mol. The number of rotatable bonds is 8. The number of hydrogen-bond acceptors (Lipinski definition) is 6. The maximum atomic E-state index is 12.1. The minimum atomic E-state index is -0.494. The fraction of sp³-hybridized carbons (Fsp3) is 0.474. The molecule has 0 aliphatic heterocycles. The van der Waals surface area contributed by atoms with Crippen LogP contribution in [0.15, 0.2) is 29.4 Å². The molecule has 0 saturated carbocycles. The van der Waals surface area contributed by atoms with E-state index in [1.54, 1.807) is 13.8 Å². The molecular formula is C19H28N6O2S. The lowest BCUT2D eigenvalue weighted by Gasteiger charge is -2.21. The van der Waals surface area contributed by atoms with Crippen molar-refractivity contribution in [3.05, 3.63) is 24.3 Å². The molecule has 0 aliphatic carbocycles. The van der Waals surface area contributed by atoms with Crippen molar-refractivity contribution in [2.75, 3.05) is 24.5 Å². The molecule has 1 aromatic carbocycles. The molecule has 1 unspecified atom stereocenters. The number of anilines is 1. The molecule has 0 bridgehead atoms. The summed E-state index contributed by atoms with van der Waals surface area (Å²) in [7, 11) is 1.87. The summed E-state index contributed by atoms with van der Waals surface area (Å²) in [5.74, 6) is 0.356. The van der Waals surface area contributed by atoms with E-state index < -0.39 is 11.3 Å². The number of imide groups is 1. The van der Waals surface area contributed by atoms with Gasteiger partial charge in [0.1, 0.15) is 0 Å². The Morgan fingerprint density at radius 3 is 2.36 bits per heavy atom. The Morgan fingerprint density at radius 2 is 1.79 bits per heavy atom. The molecule has 152 valence electrons. The Kier molecular flexibility index (Phi) is 7.86. The molecule has 0 aliphatic rings. The number of benzene rings is 1. The first-order chi connectivity index (χ1) is 13.4. The number of amides is 3. The van der Waals surface area contributed by atoms with E-state index >= 15 is 0 Å². The van der Waals surface area contributed by atoms with Crippen molar-refractivity contribution in [1.82, 2.24) is 25.4 Å². The molecule has 2 rings (SSSR count). The summed E-state index contributed by atoms with van der Waals surface area (Å²) in [6, 6.07) is 7.71. The molecule has 1 atom stereocenters. The molecule has 0 saturated heterocycles.